The first-order chi connectivity index (χ1) is 7.29. The Morgan fingerprint density at radius 1 is 1.25 bits per heavy atom. The van der Waals surface area contributed by atoms with E-state index in [-0.39, 0.29) is 12.4 Å². The molecule has 0 radical (unpaired) electrons. The Bertz CT molecular complexity index is 497. The molecule has 3 N–H and O–H groups in total. The molecule has 0 aliphatic carbocycles. The lowest BCUT2D eigenvalue weighted by atomic mass is 10.2. The van der Waals surface area contributed by atoms with E-state index in [1.807, 2.05) is 29.0 Å². The summed E-state index contributed by atoms with van der Waals surface area (Å²) in [5.74, 6) is 0.871. The van der Waals surface area contributed by atoms with Crippen LogP contribution >= 0.6 is 0 Å². The molecule has 1 aromatic carbocycles. The van der Waals surface area contributed by atoms with Crippen LogP contribution in [0.1, 0.15) is 11.1 Å². The first kappa shape index (κ1) is 12.3. The lowest BCUT2D eigenvalue weighted by Crippen LogP contribution is -3.00. The average Bonchev–Trinajstić information content (AvgIpc) is 2.61. The van der Waals surface area contributed by atoms with Crippen molar-refractivity contribution in [1.29, 1.82) is 5.26 Å². The Balaban J connectivity index is 0.00000128. The Hall–Kier alpha value is -1.76. The molecule has 2 aromatic rings. The van der Waals surface area contributed by atoms with Crippen LogP contribution in [0, 0.1) is 11.3 Å². The molecule has 4 heteroatoms. The van der Waals surface area contributed by atoms with Gasteiger partial charge in [0.25, 0.3) is 0 Å². The number of benzene rings is 1. The molecule has 0 fully saturated rings. The minimum atomic E-state index is 0. The molecule has 1 heterocycles. The highest BCUT2D eigenvalue weighted by Gasteiger charge is 2.05. The van der Waals surface area contributed by atoms with Crippen LogP contribution in [0.15, 0.2) is 42.6 Å². The van der Waals surface area contributed by atoms with E-state index in [9.17, 15) is 0 Å². The molecule has 0 aliphatic rings. The van der Waals surface area contributed by atoms with Crippen molar-refractivity contribution in [2.45, 2.75) is 6.54 Å². The van der Waals surface area contributed by atoms with Gasteiger partial charge in [0.05, 0.1) is 12.1 Å². The maximum absolute atomic E-state index is 8.75. The molecule has 16 heavy (non-hydrogen) atoms. The summed E-state index contributed by atoms with van der Waals surface area (Å²) in [4.78, 5) is 0. The summed E-state index contributed by atoms with van der Waals surface area (Å²) in [6.45, 7) is 0.765. The molecule has 0 bridgehead atoms. The van der Waals surface area contributed by atoms with Gasteiger partial charge >= 0.3 is 0 Å². The van der Waals surface area contributed by atoms with E-state index in [0.717, 1.165) is 12.4 Å². The van der Waals surface area contributed by atoms with Crippen molar-refractivity contribution in [2.24, 2.45) is 0 Å². The Morgan fingerprint density at radius 3 is 2.50 bits per heavy atom. The van der Waals surface area contributed by atoms with E-state index in [1.54, 1.807) is 6.07 Å². The number of rotatable bonds is 2. The zero-order chi connectivity index (χ0) is 10.7. The predicted molar refractivity (Wildman–Crippen MR) is 57.2 cm³/mol. The molecule has 0 aliphatic heterocycles. The molecular weight excluding hydrogens is 222 g/mol. The molecular formula is C12H12ClN3. The van der Waals surface area contributed by atoms with Gasteiger partial charge in [0.2, 0.25) is 5.82 Å². The van der Waals surface area contributed by atoms with Crippen LogP contribution in [0.5, 0.6) is 0 Å². The molecule has 0 atom stereocenters. The van der Waals surface area contributed by atoms with Crippen molar-refractivity contribution in [2.75, 3.05) is 0 Å². The smallest absolute Gasteiger partial charge is 0.204 e. The summed E-state index contributed by atoms with van der Waals surface area (Å²) in [5, 5.41) is 8.75. The third-order valence-electron chi connectivity index (χ3n) is 2.31. The SMILES string of the molecule is N#Cc1cc([NH3+])n(Cc2ccccc2)c1.[Cl-]. The average molecular weight is 234 g/mol. The van der Waals surface area contributed by atoms with Gasteiger partial charge in [-0.2, -0.15) is 5.26 Å². The van der Waals surface area contributed by atoms with Crippen LogP contribution in [0.4, 0.5) is 5.82 Å². The van der Waals surface area contributed by atoms with Crippen LogP contribution < -0.4 is 18.1 Å². The largest absolute Gasteiger partial charge is 1.00 e. The van der Waals surface area contributed by atoms with Gasteiger partial charge in [0.15, 0.2) is 0 Å². The van der Waals surface area contributed by atoms with E-state index in [0.29, 0.717) is 5.56 Å². The Labute approximate surface area is 101 Å². The number of nitrogens with zero attached hydrogens (tertiary/aromatic N) is 2. The van der Waals surface area contributed by atoms with E-state index in [2.05, 4.69) is 23.9 Å². The number of nitriles is 1. The molecule has 2 rings (SSSR count). The lowest BCUT2D eigenvalue weighted by Gasteiger charge is -2.02. The van der Waals surface area contributed by atoms with Gasteiger partial charge in [-0.05, 0) is 5.56 Å². The van der Waals surface area contributed by atoms with Gasteiger partial charge in [-0.1, -0.05) is 30.3 Å². The molecule has 0 saturated heterocycles. The van der Waals surface area contributed by atoms with Gasteiger partial charge in [0.1, 0.15) is 6.07 Å². The van der Waals surface area contributed by atoms with Gasteiger partial charge in [-0.3, -0.25) is 4.57 Å². The first-order valence-electron chi connectivity index (χ1n) is 4.76. The summed E-state index contributed by atoms with van der Waals surface area (Å²) < 4.78 is 1.98. The van der Waals surface area contributed by atoms with Gasteiger partial charge in [-0.15, -0.1) is 0 Å². The van der Waals surface area contributed by atoms with Crippen molar-refractivity contribution in [1.82, 2.24) is 4.57 Å². The topological polar surface area (TPSA) is 56.4 Å². The first-order valence-corrected chi connectivity index (χ1v) is 4.76. The zero-order valence-corrected chi connectivity index (χ0v) is 9.48. The maximum atomic E-state index is 8.75. The van der Waals surface area contributed by atoms with Crippen molar-refractivity contribution in [3.63, 3.8) is 0 Å². The second kappa shape index (κ2) is 5.36. The van der Waals surface area contributed by atoms with Crippen molar-refractivity contribution in [3.05, 3.63) is 53.7 Å². The van der Waals surface area contributed by atoms with E-state index in [1.165, 1.54) is 5.56 Å². The Kier molecular flexibility index (Phi) is 4.12. The summed E-state index contributed by atoms with van der Waals surface area (Å²) in [6, 6.07) is 14.0. The van der Waals surface area contributed by atoms with Crippen molar-refractivity contribution < 1.29 is 18.1 Å². The van der Waals surface area contributed by atoms with Crippen LogP contribution in [0.3, 0.4) is 0 Å². The third-order valence-corrected chi connectivity index (χ3v) is 2.31. The second-order valence-corrected chi connectivity index (χ2v) is 3.45. The van der Waals surface area contributed by atoms with Crippen molar-refractivity contribution in [3.8, 4) is 6.07 Å². The summed E-state index contributed by atoms with van der Waals surface area (Å²) in [5.41, 5.74) is 5.77. The normalized spacial score (nSPS) is 9.25. The molecule has 3 nitrogen and oxygen atoms in total. The number of halogens is 1. The number of quaternary nitrogens is 1. The summed E-state index contributed by atoms with van der Waals surface area (Å²) in [7, 11) is 0. The van der Waals surface area contributed by atoms with E-state index >= 15 is 0 Å². The summed E-state index contributed by atoms with van der Waals surface area (Å²) in [6.07, 6.45) is 1.83. The number of aromatic nitrogens is 1. The van der Waals surface area contributed by atoms with Crippen LogP contribution in [0.25, 0.3) is 0 Å². The fourth-order valence-electron chi connectivity index (χ4n) is 1.54. The highest BCUT2D eigenvalue weighted by atomic mass is 35.5. The van der Waals surface area contributed by atoms with Crippen LogP contribution in [0.2, 0.25) is 0 Å². The Morgan fingerprint density at radius 2 is 1.94 bits per heavy atom. The lowest BCUT2D eigenvalue weighted by molar-refractivity contribution is -0.264. The molecule has 1 aromatic heterocycles. The number of hydrogen-bond donors (Lipinski definition) is 1. The number of hydrogen-bond acceptors (Lipinski definition) is 1. The molecule has 0 saturated carbocycles. The van der Waals surface area contributed by atoms with Crippen molar-refractivity contribution >= 4 is 5.82 Å². The van der Waals surface area contributed by atoms with Gasteiger partial charge in [0, 0.05) is 12.3 Å². The summed E-state index contributed by atoms with van der Waals surface area (Å²) >= 11 is 0. The standard InChI is InChI=1S/C12H11N3.ClH/c13-7-11-6-12(14)15(9-11)8-10-4-2-1-3-5-10;/h1-6,9H,8,14H2;1H. The molecule has 0 unspecified atom stereocenters. The minimum Gasteiger partial charge on any atom is -1.00 e. The molecule has 0 amide bonds. The van der Waals surface area contributed by atoms with E-state index < -0.39 is 0 Å². The third kappa shape index (κ3) is 2.63. The highest BCUT2D eigenvalue weighted by Crippen LogP contribution is 2.11. The zero-order valence-electron chi connectivity index (χ0n) is 8.73. The minimum absolute atomic E-state index is 0. The molecule has 0 spiro atoms. The van der Waals surface area contributed by atoms with Gasteiger partial charge < -0.3 is 18.1 Å². The van der Waals surface area contributed by atoms with Crippen LogP contribution in [-0.2, 0) is 6.54 Å². The predicted octanol–water partition coefficient (Wildman–Crippen LogP) is -1.71. The quantitative estimate of drug-likeness (QED) is 0.660. The fraction of sp³-hybridized carbons (Fsp3) is 0.0833. The van der Waals surface area contributed by atoms with E-state index in [4.69, 9.17) is 5.26 Å². The fourth-order valence-corrected chi connectivity index (χ4v) is 1.54. The second-order valence-electron chi connectivity index (χ2n) is 3.45. The monoisotopic (exact) mass is 233 g/mol. The highest BCUT2D eigenvalue weighted by molar-refractivity contribution is 5.37. The van der Waals surface area contributed by atoms with Crippen LogP contribution in [-0.4, -0.2) is 4.57 Å². The molecule has 82 valence electrons. The van der Waals surface area contributed by atoms with Gasteiger partial charge in [-0.25, -0.2) is 0 Å². The maximum Gasteiger partial charge on any atom is 0.204 e.